The van der Waals surface area contributed by atoms with Gasteiger partial charge in [0.05, 0.1) is 28.9 Å². The second-order valence-corrected chi connectivity index (χ2v) is 6.71. The van der Waals surface area contributed by atoms with Crippen molar-refractivity contribution in [3.63, 3.8) is 0 Å². The fourth-order valence-electron chi connectivity index (χ4n) is 3.66. The molecule has 0 spiro atoms. The van der Waals surface area contributed by atoms with Crippen molar-refractivity contribution in [2.45, 2.75) is 13.8 Å². The number of aryl methyl sites for hydroxylation is 1. The molecule has 4 aromatic rings. The highest BCUT2D eigenvalue weighted by molar-refractivity contribution is 6.14. The highest BCUT2D eigenvalue weighted by atomic mass is 16.5. The van der Waals surface area contributed by atoms with Gasteiger partial charge in [-0.1, -0.05) is 30.3 Å². The molecule has 1 N–H and O–H groups in total. The average Bonchev–Trinajstić information content (AvgIpc) is 3.13. The van der Waals surface area contributed by atoms with Gasteiger partial charge in [-0.3, -0.25) is 4.79 Å². The van der Waals surface area contributed by atoms with Crippen molar-refractivity contribution in [2.24, 2.45) is 0 Å². The Morgan fingerprint density at radius 2 is 1.69 bits per heavy atom. The average molecular weight is 387 g/mol. The molecule has 0 aliphatic rings. The lowest BCUT2D eigenvalue weighted by Crippen LogP contribution is -2.56. The molecule has 0 unspecified atom stereocenters. The number of para-hydroxylation sites is 2. The maximum Gasteiger partial charge on any atom is 0.340 e. The van der Waals surface area contributed by atoms with E-state index in [0.717, 1.165) is 16.5 Å². The maximum atomic E-state index is 13.4. The summed E-state index contributed by atoms with van der Waals surface area (Å²) in [5.74, 6) is -0.850. The van der Waals surface area contributed by atoms with Crippen LogP contribution in [0.4, 0.5) is 5.69 Å². The molecule has 0 saturated heterocycles. The van der Waals surface area contributed by atoms with Crippen molar-refractivity contribution >= 4 is 33.9 Å². The van der Waals surface area contributed by atoms with Crippen LogP contribution in [0.5, 0.6) is 0 Å². The Kier molecular flexibility index (Phi) is 4.68. The van der Waals surface area contributed by atoms with Crippen molar-refractivity contribution in [3.05, 3.63) is 88.0 Å². The molecule has 6 nitrogen and oxygen atoms in total. The van der Waals surface area contributed by atoms with Crippen LogP contribution in [0.25, 0.3) is 16.4 Å². The smallest absolute Gasteiger partial charge is 0.340 e. The standard InChI is InChI=1S/C23H18N2O4/c1-3-29-23(27)17-13-21(22(26)16-9-4-6-10-18(16)24-28)25-19-11-7-5-8-15(19)14(2)12-20(17)25/h4-13H,3H2,1-2H3/p+1. The van der Waals surface area contributed by atoms with Crippen LogP contribution < -0.4 is 5.18 Å². The topological polar surface area (TPSA) is 78.8 Å². The third-order valence-electron chi connectivity index (χ3n) is 4.97. The summed E-state index contributed by atoms with van der Waals surface area (Å²) in [4.78, 5) is 37.3. The van der Waals surface area contributed by atoms with Crippen molar-refractivity contribution < 1.29 is 19.5 Å². The maximum absolute atomic E-state index is 13.4. The Balaban J connectivity index is 2.08. The minimum Gasteiger partial charge on any atom is -0.462 e. The van der Waals surface area contributed by atoms with Crippen molar-refractivity contribution in [2.75, 3.05) is 6.61 Å². The molecule has 0 saturated carbocycles. The quantitative estimate of drug-likeness (QED) is 0.421. The van der Waals surface area contributed by atoms with Gasteiger partial charge in [0.15, 0.2) is 0 Å². The van der Waals surface area contributed by atoms with E-state index < -0.39 is 5.97 Å². The van der Waals surface area contributed by atoms with Crippen LogP contribution in [0.3, 0.4) is 0 Å². The molecule has 4 rings (SSSR count). The van der Waals surface area contributed by atoms with Gasteiger partial charge in [0.1, 0.15) is 5.56 Å². The van der Waals surface area contributed by atoms with E-state index in [1.54, 1.807) is 41.7 Å². The Morgan fingerprint density at radius 1 is 0.966 bits per heavy atom. The zero-order valence-electron chi connectivity index (χ0n) is 16.1. The number of esters is 1. The summed E-state index contributed by atoms with van der Waals surface area (Å²) in [5, 5.41) is 2.79. The fraction of sp³-hybridized carbons (Fsp3) is 0.130. The molecule has 6 heteroatoms. The summed E-state index contributed by atoms with van der Waals surface area (Å²) in [6.45, 7) is 3.93. The minimum atomic E-state index is -0.492. The van der Waals surface area contributed by atoms with Crippen LogP contribution in [0.2, 0.25) is 0 Å². The van der Waals surface area contributed by atoms with E-state index in [1.165, 1.54) is 0 Å². The molecule has 2 aromatic heterocycles. The Morgan fingerprint density at radius 3 is 2.45 bits per heavy atom. The van der Waals surface area contributed by atoms with Gasteiger partial charge >= 0.3 is 5.97 Å². The molecule has 2 heterocycles. The van der Waals surface area contributed by atoms with Crippen molar-refractivity contribution in [1.29, 1.82) is 0 Å². The van der Waals surface area contributed by atoms with E-state index in [1.807, 2.05) is 42.4 Å². The summed E-state index contributed by atoms with van der Waals surface area (Å²) < 4.78 is 6.97. The predicted octanol–water partition coefficient (Wildman–Crippen LogP) is 3.29. The molecular formula is C23H19N2O4+. The molecule has 0 bridgehead atoms. The molecule has 0 amide bonds. The highest BCUT2D eigenvalue weighted by Crippen LogP contribution is 2.29. The fourth-order valence-corrected chi connectivity index (χ4v) is 3.66. The van der Waals surface area contributed by atoms with Gasteiger partial charge in [0, 0.05) is 21.5 Å². The first-order valence-electron chi connectivity index (χ1n) is 9.29. The number of nitrogens with one attached hydrogen (secondary N) is 1. The first kappa shape index (κ1) is 18.6. The number of carbonyl (C=O) groups excluding carboxylic acids is 2. The number of rotatable bonds is 5. The van der Waals surface area contributed by atoms with E-state index >= 15 is 0 Å². The van der Waals surface area contributed by atoms with Crippen LogP contribution in [0.1, 0.15) is 38.9 Å². The molecule has 0 radical (unpaired) electrons. The molecular weight excluding hydrogens is 368 g/mol. The number of ether oxygens (including phenoxy) is 1. The lowest BCUT2D eigenvalue weighted by Gasteiger charge is -2.10. The first-order valence-corrected chi connectivity index (χ1v) is 9.29. The number of aromatic nitrogens is 1. The van der Waals surface area contributed by atoms with Gasteiger partial charge in [-0.2, -0.15) is 0 Å². The van der Waals surface area contributed by atoms with Gasteiger partial charge in [0.25, 0.3) is 5.69 Å². The molecule has 29 heavy (non-hydrogen) atoms. The number of nitroso groups, excluding NO2 is 1. The van der Waals surface area contributed by atoms with Crippen LogP contribution >= 0.6 is 0 Å². The second-order valence-electron chi connectivity index (χ2n) is 6.71. The molecule has 0 fully saturated rings. The number of nitrogens with zero attached hydrogens (tertiary/aromatic N) is 1. The van der Waals surface area contributed by atoms with E-state index in [9.17, 15) is 14.5 Å². The van der Waals surface area contributed by atoms with Crippen LogP contribution in [0.15, 0.2) is 60.7 Å². The summed E-state index contributed by atoms with van der Waals surface area (Å²) >= 11 is 0. The first-order chi connectivity index (χ1) is 14.1. The summed E-state index contributed by atoms with van der Waals surface area (Å²) in [7, 11) is 0. The zero-order chi connectivity index (χ0) is 20.5. The van der Waals surface area contributed by atoms with E-state index in [0.29, 0.717) is 16.8 Å². The van der Waals surface area contributed by atoms with E-state index in [2.05, 4.69) is 0 Å². The Hall–Kier alpha value is -3.80. The molecule has 144 valence electrons. The number of pyridine rings is 1. The largest absolute Gasteiger partial charge is 0.462 e. The van der Waals surface area contributed by atoms with Gasteiger partial charge in [-0.15, -0.1) is 0 Å². The zero-order valence-corrected chi connectivity index (χ0v) is 16.1. The van der Waals surface area contributed by atoms with Crippen LogP contribution in [-0.4, -0.2) is 22.8 Å². The normalized spacial score (nSPS) is 11.0. The lowest BCUT2D eigenvalue weighted by atomic mass is 10.1. The predicted molar refractivity (Wildman–Crippen MR) is 109 cm³/mol. The van der Waals surface area contributed by atoms with Crippen molar-refractivity contribution in [3.8, 4) is 0 Å². The summed E-state index contributed by atoms with van der Waals surface area (Å²) in [5.41, 5.74) is 3.41. The number of hydrogen-bond acceptors (Lipinski definition) is 4. The molecule has 0 atom stereocenters. The Labute approximate surface area is 166 Å². The van der Waals surface area contributed by atoms with Gasteiger partial charge in [0.2, 0.25) is 5.78 Å². The number of ketones is 1. The third kappa shape index (κ3) is 2.99. The monoisotopic (exact) mass is 387 g/mol. The van der Waals surface area contributed by atoms with Gasteiger partial charge in [-0.05, 0) is 43.7 Å². The number of benzene rings is 2. The summed E-state index contributed by atoms with van der Waals surface area (Å²) in [6.07, 6.45) is 0. The third-order valence-corrected chi connectivity index (χ3v) is 4.97. The molecule has 0 aliphatic heterocycles. The highest BCUT2D eigenvalue weighted by Gasteiger charge is 2.26. The summed E-state index contributed by atoms with van der Waals surface area (Å²) in [6, 6.07) is 17.6. The number of hydrogen-bond donors (Lipinski definition) is 1. The van der Waals surface area contributed by atoms with Crippen LogP contribution in [-0.2, 0) is 4.74 Å². The van der Waals surface area contributed by atoms with E-state index in [-0.39, 0.29) is 23.6 Å². The second kappa shape index (κ2) is 7.31. The number of fused-ring (bicyclic) bond motifs is 3. The van der Waals surface area contributed by atoms with Crippen LogP contribution in [0, 0.1) is 11.8 Å². The Bertz CT molecular complexity index is 1290. The number of carbonyl (C=O) groups is 2. The lowest BCUT2D eigenvalue weighted by molar-refractivity contribution is -0.379. The van der Waals surface area contributed by atoms with Crippen molar-refractivity contribution in [1.82, 2.24) is 4.40 Å². The van der Waals surface area contributed by atoms with E-state index in [4.69, 9.17) is 4.74 Å². The van der Waals surface area contributed by atoms with Gasteiger partial charge < -0.3 is 9.14 Å². The molecule has 0 aliphatic carbocycles. The molecule has 2 aromatic carbocycles. The SMILES string of the molecule is CCOC(=O)c1cc(C(=O)c2ccccc2[NH+]=O)n2c1cc(C)c1ccccc12. The van der Waals surface area contributed by atoms with Gasteiger partial charge in [-0.25, -0.2) is 4.79 Å². The minimum absolute atomic E-state index is 0.182.